The number of nitrogens with zero attached hydrogens (tertiary/aromatic N) is 3. The lowest BCUT2D eigenvalue weighted by atomic mass is 10.00. The van der Waals surface area contributed by atoms with Gasteiger partial charge < -0.3 is 20.2 Å². The molecule has 1 aromatic rings. The monoisotopic (exact) mass is 361 g/mol. The second-order valence-electron chi connectivity index (χ2n) is 6.84. The Labute approximate surface area is 143 Å². The molecule has 0 spiro atoms. The van der Waals surface area contributed by atoms with Crippen LogP contribution in [0, 0.1) is 5.92 Å². The highest BCUT2D eigenvalue weighted by molar-refractivity contribution is 5.45. The van der Waals surface area contributed by atoms with Gasteiger partial charge in [0, 0.05) is 32.7 Å². The van der Waals surface area contributed by atoms with Crippen LogP contribution in [0.15, 0.2) is 18.3 Å². The molecule has 3 N–H and O–H groups in total. The molecule has 0 radical (unpaired) electrons. The maximum Gasteiger partial charge on any atom is 0.433 e. The average molecular weight is 361 g/mol. The van der Waals surface area contributed by atoms with Crippen LogP contribution in [0.5, 0.6) is 0 Å². The van der Waals surface area contributed by atoms with Crippen LogP contribution in [0.1, 0.15) is 12.1 Å². The van der Waals surface area contributed by atoms with Crippen LogP contribution < -0.4 is 4.90 Å². The van der Waals surface area contributed by atoms with Crippen molar-refractivity contribution in [2.45, 2.75) is 30.9 Å². The first kappa shape index (κ1) is 18.4. The number of aliphatic hydroxyl groups excluding tert-OH is 3. The third-order valence-electron chi connectivity index (χ3n) is 4.88. The van der Waals surface area contributed by atoms with Gasteiger partial charge in [0.25, 0.3) is 0 Å². The number of hydrogen-bond donors (Lipinski definition) is 3. The molecule has 6 nitrogen and oxygen atoms in total. The minimum atomic E-state index is -4.44. The number of anilines is 1. The van der Waals surface area contributed by atoms with Crippen LogP contribution in [-0.4, -0.2) is 76.2 Å². The molecule has 0 amide bonds. The largest absolute Gasteiger partial charge is 0.433 e. The highest BCUT2D eigenvalue weighted by atomic mass is 19.4. The highest BCUT2D eigenvalue weighted by Gasteiger charge is 2.36. The van der Waals surface area contributed by atoms with E-state index in [-0.39, 0.29) is 5.92 Å². The van der Waals surface area contributed by atoms with Gasteiger partial charge in [0.2, 0.25) is 0 Å². The zero-order valence-corrected chi connectivity index (χ0v) is 13.6. The first-order valence-electron chi connectivity index (χ1n) is 8.29. The number of hydrogen-bond acceptors (Lipinski definition) is 6. The summed E-state index contributed by atoms with van der Waals surface area (Å²) in [5.74, 6) is 0.275. The number of alkyl halides is 3. The van der Waals surface area contributed by atoms with Crippen LogP contribution in [-0.2, 0) is 6.18 Å². The SMILES string of the molecule is OC1CN(C[C@H]2CCN(c3ccc(C(F)(F)F)nc3)C2)CC(O)C1O. The first-order valence-corrected chi connectivity index (χ1v) is 8.29. The number of aromatic nitrogens is 1. The van der Waals surface area contributed by atoms with E-state index in [9.17, 15) is 28.5 Å². The van der Waals surface area contributed by atoms with Crippen molar-refractivity contribution in [1.29, 1.82) is 0 Å². The molecule has 25 heavy (non-hydrogen) atoms. The Hall–Kier alpha value is -1.42. The number of halogens is 3. The van der Waals surface area contributed by atoms with Gasteiger partial charge in [0.05, 0.1) is 24.1 Å². The fourth-order valence-electron chi connectivity index (χ4n) is 3.55. The summed E-state index contributed by atoms with van der Waals surface area (Å²) in [4.78, 5) is 7.40. The molecule has 0 saturated carbocycles. The quantitative estimate of drug-likeness (QED) is 0.720. The Balaban J connectivity index is 1.55. The van der Waals surface area contributed by atoms with Crippen LogP contribution in [0.25, 0.3) is 0 Å². The van der Waals surface area contributed by atoms with E-state index < -0.39 is 30.2 Å². The Bertz CT molecular complexity index is 572. The maximum atomic E-state index is 12.6. The molecule has 1 aromatic heterocycles. The van der Waals surface area contributed by atoms with E-state index in [0.29, 0.717) is 31.9 Å². The van der Waals surface area contributed by atoms with Crippen molar-refractivity contribution < 1.29 is 28.5 Å². The second kappa shape index (κ2) is 7.06. The lowest BCUT2D eigenvalue weighted by molar-refractivity contribution is -0.141. The molecule has 0 bridgehead atoms. The molecule has 2 fully saturated rings. The fourth-order valence-corrected chi connectivity index (χ4v) is 3.55. The Morgan fingerprint density at radius 1 is 1.08 bits per heavy atom. The van der Waals surface area contributed by atoms with E-state index in [2.05, 4.69) is 4.98 Å². The smallest absolute Gasteiger partial charge is 0.389 e. The van der Waals surface area contributed by atoms with Crippen LogP contribution in [0.4, 0.5) is 18.9 Å². The van der Waals surface area contributed by atoms with Crippen molar-refractivity contribution in [1.82, 2.24) is 9.88 Å². The number of likely N-dealkylation sites (tertiary alicyclic amines) is 1. The fraction of sp³-hybridized carbons (Fsp3) is 0.688. The van der Waals surface area contributed by atoms with Crippen molar-refractivity contribution in [2.24, 2.45) is 5.92 Å². The van der Waals surface area contributed by atoms with Gasteiger partial charge >= 0.3 is 6.18 Å². The Morgan fingerprint density at radius 3 is 2.32 bits per heavy atom. The molecule has 0 aliphatic carbocycles. The van der Waals surface area contributed by atoms with Gasteiger partial charge in [0.15, 0.2) is 0 Å². The van der Waals surface area contributed by atoms with Crippen LogP contribution in [0.2, 0.25) is 0 Å². The van der Waals surface area contributed by atoms with Gasteiger partial charge in [0.1, 0.15) is 11.8 Å². The maximum absolute atomic E-state index is 12.6. The summed E-state index contributed by atoms with van der Waals surface area (Å²) >= 11 is 0. The van der Waals surface area contributed by atoms with Gasteiger partial charge in [-0.3, -0.25) is 4.90 Å². The van der Waals surface area contributed by atoms with E-state index in [0.717, 1.165) is 19.0 Å². The third-order valence-corrected chi connectivity index (χ3v) is 4.88. The molecule has 2 saturated heterocycles. The van der Waals surface area contributed by atoms with Gasteiger partial charge in [-0.15, -0.1) is 0 Å². The normalized spacial score (nSPS) is 31.5. The predicted molar refractivity (Wildman–Crippen MR) is 84.0 cm³/mol. The van der Waals surface area contributed by atoms with E-state index in [4.69, 9.17) is 0 Å². The van der Waals surface area contributed by atoms with E-state index in [1.165, 1.54) is 12.3 Å². The second-order valence-corrected chi connectivity index (χ2v) is 6.84. The Morgan fingerprint density at radius 2 is 1.76 bits per heavy atom. The first-order chi connectivity index (χ1) is 11.7. The van der Waals surface area contributed by atoms with Crippen molar-refractivity contribution in [3.63, 3.8) is 0 Å². The molecule has 3 rings (SSSR count). The summed E-state index contributed by atoms with van der Waals surface area (Å²) < 4.78 is 37.7. The summed E-state index contributed by atoms with van der Waals surface area (Å²) in [5, 5.41) is 29.1. The standard InChI is InChI=1S/C16H22F3N3O3/c17-16(18,19)14-2-1-11(5-20-14)22-4-3-10(7-22)6-21-8-12(23)15(25)13(24)9-21/h1-2,5,10,12-13,15,23-25H,3-4,6-9H2/t10-,12?,13?,15?/m1/s1. The van der Waals surface area contributed by atoms with Crippen molar-refractivity contribution in [3.05, 3.63) is 24.0 Å². The van der Waals surface area contributed by atoms with Crippen LogP contribution in [0.3, 0.4) is 0 Å². The van der Waals surface area contributed by atoms with Crippen molar-refractivity contribution >= 4 is 5.69 Å². The number of rotatable bonds is 3. The average Bonchev–Trinajstić information content (AvgIpc) is 3.00. The topological polar surface area (TPSA) is 80.1 Å². The molecular formula is C16H22F3N3O3. The number of β-amino-alcohol motifs (C(OH)–C–C–N with tert-alkyl or cyclic N) is 2. The minimum Gasteiger partial charge on any atom is -0.389 e. The van der Waals surface area contributed by atoms with E-state index in [1.54, 1.807) is 0 Å². The van der Waals surface area contributed by atoms with Gasteiger partial charge in [-0.1, -0.05) is 0 Å². The van der Waals surface area contributed by atoms with Crippen molar-refractivity contribution in [3.8, 4) is 0 Å². The molecule has 3 atom stereocenters. The number of piperidine rings is 1. The van der Waals surface area contributed by atoms with Crippen LogP contribution >= 0.6 is 0 Å². The molecule has 9 heteroatoms. The number of aliphatic hydroxyl groups is 3. The summed E-state index contributed by atoms with van der Waals surface area (Å²) in [6.07, 6.45) is -5.38. The number of pyridine rings is 1. The van der Waals surface area contributed by atoms with E-state index >= 15 is 0 Å². The van der Waals surface area contributed by atoms with Gasteiger partial charge in [-0.2, -0.15) is 13.2 Å². The third kappa shape index (κ3) is 4.22. The molecule has 3 heterocycles. The minimum absolute atomic E-state index is 0.275. The zero-order valence-electron chi connectivity index (χ0n) is 13.6. The summed E-state index contributed by atoms with van der Waals surface area (Å²) in [6, 6.07) is 2.42. The summed E-state index contributed by atoms with van der Waals surface area (Å²) in [5.41, 5.74) is -0.244. The molecule has 140 valence electrons. The van der Waals surface area contributed by atoms with Crippen molar-refractivity contribution in [2.75, 3.05) is 37.6 Å². The lowest BCUT2D eigenvalue weighted by Crippen LogP contribution is -2.56. The predicted octanol–water partition coefficient (Wildman–Crippen LogP) is 0.325. The molecule has 2 aliphatic heterocycles. The highest BCUT2D eigenvalue weighted by Crippen LogP contribution is 2.30. The Kier molecular flexibility index (Phi) is 5.19. The zero-order chi connectivity index (χ0) is 18.2. The molecule has 2 aliphatic rings. The summed E-state index contributed by atoms with van der Waals surface area (Å²) in [7, 11) is 0. The van der Waals surface area contributed by atoms with Gasteiger partial charge in [-0.05, 0) is 24.5 Å². The molecule has 2 unspecified atom stereocenters. The summed E-state index contributed by atoms with van der Waals surface area (Å²) in [6.45, 7) is 2.66. The van der Waals surface area contributed by atoms with Gasteiger partial charge in [-0.25, -0.2) is 4.98 Å². The molecular weight excluding hydrogens is 339 g/mol. The lowest BCUT2D eigenvalue weighted by Gasteiger charge is -2.38. The molecule has 0 aromatic carbocycles. The van der Waals surface area contributed by atoms with E-state index in [1.807, 2.05) is 9.80 Å².